The first kappa shape index (κ1) is 65.6. The van der Waals surface area contributed by atoms with Crippen LogP contribution in [0.15, 0.2) is 378 Å². The summed E-state index contributed by atoms with van der Waals surface area (Å²) in [6, 6.07) is 109. The summed E-state index contributed by atoms with van der Waals surface area (Å²) in [5.41, 5.74) is 0. The van der Waals surface area contributed by atoms with E-state index in [1.165, 1.54) is 0 Å². The fraction of sp³-hybridized carbons (Fsp3) is 0. The summed E-state index contributed by atoms with van der Waals surface area (Å²) in [7, 11) is -21.1. The van der Waals surface area contributed by atoms with Gasteiger partial charge in [-0.05, 0) is 126 Å². The van der Waals surface area contributed by atoms with Gasteiger partial charge in [-0.15, -0.1) is 0 Å². The molecule has 9 nitrogen and oxygen atoms in total. The van der Waals surface area contributed by atoms with Crippen molar-refractivity contribution in [1.29, 1.82) is 0 Å². The molecule has 12 rings (SSSR count). The van der Waals surface area contributed by atoms with Gasteiger partial charge in [0.1, 0.15) is 0 Å². The van der Waals surface area contributed by atoms with Gasteiger partial charge in [-0.25, -0.2) is 13.5 Å². The third-order valence-electron chi connectivity index (χ3n) is 14.0. The molecule has 1 radical (unpaired) electrons. The first-order chi connectivity index (χ1) is 42.4. The van der Waals surface area contributed by atoms with E-state index < -0.39 is 43.7 Å². The predicted octanol–water partition coefficient (Wildman–Crippen LogP) is 12.1. The Labute approximate surface area is 545 Å². The van der Waals surface area contributed by atoms with Crippen LogP contribution in [0.5, 0.6) is 0 Å². The van der Waals surface area contributed by atoms with E-state index >= 15 is 0 Å². The van der Waals surface area contributed by atoms with Crippen molar-refractivity contribution >= 4 is 107 Å². The second-order valence-electron chi connectivity index (χ2n) is 19.8. The molecular weight excluding hydrogens is 1360 g/mol. The van der Waals surface area contributed by atoms with E-state index in [1.807, 2.05) is 218 Å². The molecule has 88 heavy (non-hydrogen) atoms. The van der Waals surface area contributed by atoms with Crippen molar-refractivity contribution in [3.8, 4) is 0 Å². The minimum atomic E-state index is -3.51. The summed E-state index contributed by atoms with van der Waals surface area (Å²) in [5.74, 6) is 0. The minimum absolute atomic E-state index is 0. The molecule has 0 spiro atoms. The summed E-state index contributed by atoms with van der Waals surface area (Å²) >= 11 is 0. The van der Waals surface area contributed by atoms with Crippen LogP contribution in [-0.4, -0.2) is 0 Å². The van der Waals surface area contributed by atoms with Crippen LogP contribution in [0.2, 0.25) is 0 Å². The Balaban J connectivity index is 0.000000156. The Morgan fingerprint density at radius 2 is 0.261 bits per heavy atom. The molecule has 0 fully saturated rings. The number of hydrogen-bond acceptors (Lipinski definition) is 6. The van der Waals surface area contributed by atoms with Gasteiger partial charge in [0.2, 0.25) is 21.9 Å². The van der Waals surface area contributed by atoms with Gasteiger partial charge < -0.3 is 14.7 Å². The number of nitrogens with zero attached hydrogens (tertiary/aromatic N) is 3. The molecular formula is C72H60ErN3O6P6. The van der Waals surface area contributed by atoms with Crippen molar-refractivity contribution in [2.75, 3.05) is 0 Å². The van der Waals surface area contributed by atoms with E-state index in [1.54, 1.807) is 146 Å². The summed E-state index contributed by atoms with van der Waals surface area (Å²) in [4.78, 5) is 43.3. The molecule has 0 aliphatic rings. The molecule has 441 valence electrons. The van der Waals surface area contributed by atoms with E-state index in [2.05, 4.69) is 0 Å². The van der Waals surface area contributed by atoms with Crippen molar-refractivity contribution in [2.24, 2.45) is 13.5 Å². The van der Waals surface area contributed by atoms with Gasteiger partial charge >= 0.3 is 37.3 Å². The maximum Gasteiger partial charge on any atom is 3.00 e. The molecule has 0 aromatic heterocycles. The zero-order valence-electron chi connectivity index (χ0n) is 47.4. The molecule has 0 saturated carbocycles. The SMILES string of the molecule is O=P(N=P([O-])(c1ccccc1)c1ccccc1)(c1ccccc1)c1ccccc1.O=P(N=P([O-])(c1ccccc1)c1ccccc1)(c1ccccc1)c1ccccc1.O=P(N=P([O-])(c1ccccc1)c1ccccc1)(c1ccccc1)c1ccccc1.[Er+3]. The van der Waals surface area contributed by atoms with Crippen molar-refractivity contribution in [3.63, 3.8) is 0 Å². The van der Waals surface area contributed by atoms with Crippen molar-refractivity contribution < 1.29 is 65.7 Å². The van der Waals surface area contributed by atoms with Gasteiger partial charge in [-0.2, -0.15) is 0 Å². The maximum atomic E-state index is 14.4. The Bertz CT molecular complexity index is 3740. The van der Waals surface area contributed by atoms with Crippen LogP contribution in [0, 0.1) is 37.3 Å². The van der Waals surface area contributed by atoms with Crippen LogP contribution in [0.25, 0.3) is 0 Å². The predicted molar refractivity (Wildman–Crippen MR) is 364 cm³/mol. The van der Waals surface area contributed by atoms with Crippen molar-refractivity contribution in [2.45, 2.75) is 0 Å². The van der Waals surface area contributed by atoms with E-state index in [-0.39, 0.29) is 37.3 Å². The maximum absolute atomic E-state index is 14.4. The normalized spacial score (nSPS) is 11.6. The summed E-state index contributed by atoms with van der Waals surface area (Å²) in [6.07, 6.45) is 0. The van der Waals surface area contributed by atoms with Crippen LogP contribution in [0.1, 0.15) is 0 Å². The molecule has 0 heterocycles. The van der Waals surface area contributed by atoms with Crippen LogP contribution in [-0.2, 0) is 13.7 Å². The molecule has 0 atom stereocenters. The molecule has 0 aliphatic carbocycles. The molecule has 0 unspecified atom stereocenters. The molecule has 12 aromatic rings. The second kappa shape index (κ2) is 30.6. The van der Waals surface area contributed by atoms with Gasteiger partial charge in [-0.1, -0.05) is 291 Å². The van der Waals surface area contributed by atoms with Crippen LogP contribution >= 0.6 is 43.7 Å². The zero-order valence-corrected chi connectivity index (χ0v) is 54.6. The molecule has 0 saturated heterocycles. The number of hydrogen-bond donors (Lipinski definition) is 0. The number of benzene rings is 12. The fourth-order valence-electron chi connectivity index (χ4n) is 9.61. The van der Waals surface area contributed by atoms with Gasteiger partial charge in [0.05, 0.1) is 0 Å². The largest absolute Gasteiger partial charge is 3.00 e. The molecule has 0 amide bonds. The first-order valence-corrected chi connectivity index (χ1v) is 37.9. The summed E-state index contributed by atoms with van der Waals surface area (Å²) < 4.78 is 57.5. The zero-order chi connectivity index (χ0) is 60.5. The van der Waals surface area contributed by atoms with E-state index in [4.69, 9.17) is 13.5 Å². The Hall–Kier alpha value is -6.85. The van der Waals surface area contributed by atoms with E-state index in [0.717, 1.165) is 0 Å². The standard InChI is InChI=1S/3C24H20NO2P2.Er/c3*26-28(21-13-5-1-6-14-21,22-15-7-2-8-16-22)25-29(27,23-17-9-3-10-18-23)24-19-11-4-12-20-24;/h3*1-20H;/q3*-1;+3. The quantitative estimate of drug-likeness (QED) is 0.0930. The molecule has 12 aromatic carbocycles. The monoisotopic (exact) mass is 1410 g/mol. The Morgan fingerprint density at radius 3 is 0.364 bits per heavy atom. The number of rotatable bonds is 15. The Morgan fingerprint density at radius 1 is 0.170 bits per heavy atom. The van der Waals surface area contributed by atoms with Gasteiger partial charge in [0.25, 0.3) is 0 Å². The second-order valence-corrected chi connectivity index (χ2v) is 35.0. The van der Waals surface area contributed by atoms with E-state index in [0.29, 0.717) is 63.7 Å². The van der Waals surface area contributed by atoms with Crippen LogP contribution in [0.4, 0.5) is 0 Å². The third kappa shape index (κ3) is 15.1. The third-order valence-corrected chi connectivity index (χ3v) is 32.1. The molecule has 0 N–H and O–H groups in total. The average Bonchev–Trinajstić information content (AvgIpc) is 3.22. The Kier molecular flexibility index (Phi) is 22.8. The minimum Gasteiger partial charge on any atom is -0.809 e. The van der Waals surface area contributed by atoms with Crippen molar-refractivity contribution in [1.82, 2.24) is 0 Å². The van der Waals surface area contributed by atoms with Crippen molar-refractivity contribution in [3.05, 3.63) is 364 Å². The van der Waals surface area contributed by atoms with Crippen LogP contribution < -0.4 is 78.3 Å². The van der Waals surface area contributed by atoms with Gasteiger partial charge in [0, 0.05) is 31.8 Å². The van der Waals surface area contributed by atoms with E-state index in [9.17, 15) is 28.4 Å². The first-order valence-electron chi connectivity index (χ1n) is 27.9. The summed E-state index contributed by atoms with van der Waals surface area (Å²) in [5, 5.41) is 6.81. The molecule has 0 aliphatic heterocycles. The molecule has 16 heteroatoms. The average molecular weight is 1420 g/mol. The van der Waals surface area contributed by atoms with Gasteiger partial charge in [-0.3, -0.25) is 13.7 Å². The molecule has 0 bridgehead atoms. The topological polar surface area (TPSA) is 157 Å². The fourth-order valence-corrected chi connectivity index (χ4v) is 27.5. The van der Waals surface area contributed by atoms with Crippen LogP contribution in [0.3, 0.4) is 0 Å². The smallest absolute Gasteiger partial charge is 0.809 e. The summed E-state index contributed by atoms with van der Waals surface area (Å²) in [6.45, 7) is 0. The van der Waals surface area contributed by atoms with Gasteiger partial charge in [0.15, 0.2) is 0 Å².